The van der Waals surface area contributed by atoms with Crippen molar-refractivity contribution in [1.82, 2.24) is 10.2 Å². The number of nitrogens with zero attached hydrogens (tertiary/aromatic N) is 1. The zero-order valence-electron chi connectivity index (χ0n) is 9.54. The molecule has 1 saturated heterocycles. The summed E-state index contributed by atoms with van der Waals surface area (Å²) >= 11 is 0. The number of carbonyl (C=O) groups is 2. The maximum atomic E-state index is 11.6. The molecule has 0 aliphatic carbocycles. The summed E-state index contributed by atoms with van der Waals surface area (Å²) in [6, 6.07) is -0.304. The van der Waals surface area contributed by atoms with E-state index in [-0.39, 0.29) is 24.4 Å². The van der Waals surface area contributed by atoms with Crippen molar-refractivity contribution in [2.75, 3.05) is 13.1 Å². The zero-order valence-corrected chi connectivity index (χ0v) is 9.54. The highest BCUT2D eigenvalue weighted by atomic mass is 16.2. The molecular weight excluding hydrogens is 192 g/mol. The molecule has 4 heteroatoms. The van der Waals surface area contributed by atoms with Gasteiger partial charge in [-0.2, -0.15) is 0 Å². The van der Waals surface area contributed by atoms with Crippen LogP contribution in [-0.4, -0.2) is 35.8 Å². The minimum absolute atomic E-state index is 0.000972. The van der Waals surface area contributed by atoms with E-state index in [1.807, 2.05) is 26.8 Å². The molecule has 0 saturated carbocycles. The van der Waals surface area contributed by atoms with Gasteiger partial charge in [0.25, 0.3) is 0 Å². The van der Waals surface area contributed by atoms with E-state index < -0.39 is 0 Å². The first kappa shape index (κ1) is 11.8. The molecule has 1 N–H and O–H groups in total. The predicted molar refractivity (Wildman–Crippen MR) is 58.2 cm³/mol. The molecule has 84 valence electrons. The third kappa shape index (κ3) is 2.81. The van der Waals surface area contributed by atoms with E-state index in [9.17, 15) is 9.59 Å². The average Bonchev–Trinajstić information content (AvgIpc) is 2.19. The molecule has 1 rings (SSSR count). The number of hydrogen-bond acceptors (Lipinski definition) is 2. The van der Waals surface area contributed by atoms with Gasteiger partial charge in [0.15, 0.2) is 0 Å². The lowest BCUT2D eigenvalue weighted by molar-refractivity contribution is -0.145. The number of amides is 2. The maximum absolute atomic E-state index is 11.6. The summed E-state index contributed by atoms with van der Waals surface area (Å²) in [6.07, 6.45) is 2.63. The Bertz CT molecular complexity index is 293. The monoisotopic (exact) mass is 210 g/mol. The van der Waals surface area contributed by atoms with Gasteiger partial charge in [-0.05, 0) is 20.3 Å². The van der Waals surface area contributed by atoms with E-state index >= 15 is 0 Å². The van der Waals surface area contributed by atoms with E-state index in [1.165, 1.54) is 0 Å². The van der Waals surface area contributed by atoms with Crippen LogP contribution >= 0.6 is 0 Å². The molecular formula is C11H18N2O2. The molecule has 1 aliphatic rings. The Labute approximate surface area is 90.3 Å². The van der Waals surface area contributed by atoms with Crippen LogP contribution in [0.5, 0.6) is 0 Å². The molecule has 1 fully saturated rings. The van der Waals surface area contributed by atoms with Crippen LogP contribution in [0.1, 0.15) is 27.2 Å². The van der Waals surface area contributed by atoms with Gasteiger partial charge in [0, 0.05) is 6.54 Å². The van der Waals surface area contributed by atoms with Crippen LogP contribution in [0.4, 0.5) is 0 Å². The van der Waals surface area contributed by atoms with E-state index in [4.69, 9.17) is 0 Å². The van der Waals surface area contributed by atoms with E-state index in [0.29, 0.717) is 13.0 Å². The summed E-state index contributed by atoms with van der Waals surface area (Å²) in [4.78, 5) is 24.7. The van der Waals surface area contributed by atoms with Gasteiger partial charge < -0.3 is 10.2 Å². The van der Waals surface area contributed by atoms with Gasteiger partial charge in [-0.1, -0.05) is 18.6 Å². The van der Waals surface area contributed by atoms with Crippen molar-refractivity contribution in [2.45, 2.75) is 33.2 Å². The summed E-state index contributed by atoms with van der Waals surface area (Å²) < 4.78 is 0. The first-order chi connectivity index (χ1) is 7.06. The first-order valence-electron chi connectivity index (χ1n) is 5.26. The standard InChI is InChI=1S/C11H18N2O2/c1-4-9-11(15)12-7-10(14)13(9)6-5-8(2)3/h5,9H,4,6-7H2,1-3H3,(H,12,15). The lowest BCUT2D eigenvalue weighted by atomic mass is 10.1. The average molecular weight is 210 g/mol. The van der Waals surface area contributed by atoms with Crippen LogP contribution in [0, 0.1) is 0 Å². The van der Waals surface area contributed by atoms with Crippen molar-refractivity contribution < 1.29 is 9.59 Å². The van der Waals surface area contributed by atoms with Crippen LogP contribution in [0.2, 0.25) is 0 Å². The number of piperazine rings is 1. The molecule has 2 amide bonds. The van der Waals surface area contributed by atoms with Crippen molar-refractivity contribution >= 4 is 11.8 Å². The minimum Gasteiger partial charge on any atom is -0.345 e. The van der Waals surface area contributed by atoms with Crippen LogP contribution in [0.25, 0.3) is 0 Å². The van der Waals surface area contributed by atoms with Gasteiger partial charge in [-0.25, -0.2) is 0 Å². The predicted octanol–water partition coefficient (Wildman–Crippen LogP) is 0.690. The SMILES string of the molecule is CCC1C(=O)NCC(=O)N1CC=C(C)C. The second kappa shape index (κ2) is 4.96. The van der Waals surface area contributed by atoms with Crippen molar-refractivity contribution in [1.29, 1.82) is 0 Å². The molecule has 15 heavy (non-hydrogen) atoms. The summed E-state index contributed by atoms with van der Waals surface area (Å²) in [5.74, 6) is -0.0433. The highest BCUT2D eigenvalue weighted by molar-refractivity contribution is 5.94. The lowest BCUT2D eigenvalue weighted by Crippen LogP contribution is -2.58. The fourth-order valence-corrected chi connectivity index (χ4v) is 1.61. The molecule has 0 spiro atoms. The van der Waals surface area contributed by atoms with E-state index in [0.717, 1.165) is 5.57 Å². The van der Waals surface area contributed by atoms with Gasteiger partial charge >= 0.3 is 0 Å². The third-order valence-electron chi connectivity index (χ3n) is 2.50. The summed E-state index contributed by atoms with van der Waals surface area (Å²) in [5.41, 5.74) is 1.16. The Hall–Kier alpha value is -1.32. The number of carbonyl (C=O) groups excluding carboxylic acids is 2. The highest BCUT2D eigenvalue weighted by Gasteiger charge is 2.31. The molecule has 0 aromatic carbocycles. The van der Waals surface area contributed by atoms with E-state index in [1.54, 1.807) is 4.90 Å². The van der Waals surface area contributed by atoms with Crippen LogP contribution in [0.3, 0.4) is 0 Å². The van der Waals surface area contributed by atoms with Crippen molar-refractivity contribution in [2.24, 2.45) is 0 Å². The van der Waals surface area contributed by atoms with Crippen LogP contribution < -0.4 is 5.32 Å². The zero-order chi connectivity index (χ0) is 11.4. The summed E-state index contributed by atoms with van der Waals surface area (Å²) in [6.45, 7) is 6.54. The van der Waals surface area contributed by atoms with Crippen molar-refractivity contribution in [3.8, 4) is 0 Å². The summed E-state index contributed by atoms with van der Waals surface area (Å²) in [5, 5.41) is 2.60. The summed E-state index contributed by atoms with van der Waals surface area (Å²) in [7, 11) is 0. The van der Waals surface area contributed by atoms with Crippen molar-refractivity contribution in [3.63, 3.8) is 0 Å². The molecule has 1 unspecified atom stereocenters. The number of nitrogens with one attached hydrogen (secondary N) is 1. The topological polar surface area (TPSA) is 49.4 Å². The maximum Gasteiger partial charge on any atom is 0.243 e. The Balaban J connectivity index is 2.75. The smallest absolute Gasteiger partial charge is 0.243 e. The fourth-order valence-electron chi connectivity index (χ4n) is 1.61. The van der Waals surface area contributed by atoms with Gasteiger partial charge in [0.05, 0.1) is 6.54 Å². The molecule has 0 aromatic rings. The fraction of sp³-hybridized carbons (Fsp3) is 0.636. The normalized spacial score (nSPS) is 21.3. The number of rotatable bonds is 3. The number of hydrogen-bond donors (Lipinski definition) is 1. The second-order valence-corrected chi connectivity index (χ2v) is 3.97. The van der Waals surface area contributed by atoms with Gasteiger partial charge in [0.2, 0.25) is 11.8 Å². The van der Waals surface area contributed by atoms with Crippen LogP contribution in [0.15, 0.2) is 11.6 Å². The molecule has 0 aromatic heterocycles. The molecule has 1 atom stereocenters. The Morgan fingerprint density at radius 2 is 2.20 bits per heavy atom. The van der Waals surface area contributed by atoms with Gasteiger partial charge in [-0.15, -0.1) is 0 Å². The molecule has 4 nitrogen and oxygen atoms in total. The Morgan fingerprint density at radius 1 is 1.53 bits per heavy atom. The van der Waals surface area contributed by atoms with E-state index in [2.05, 4.69) is 5.32 Å². The molecule has 0 radical (unpaired) electrons. The van der Waals surface area contributed by atoms with Gasteiger partial charge in [0.1, 0.15) is 6.04 Å². The van der Waals surface area contributed by atoms with Crippen molar-refractivity contribution in [3.05, 3.63) is 11.6 Å². The van der Waals surface area contributed by atoms with Crippen LogP contribution in [-0.2, 0) is 9.59 Å². The number of allylic oxidation sites excluding steroid dienone is 1. The third-order valence-corrected chi connectivity index (χ3v) is 2.50. The quantitative estimate of drug-likeness (QED) is 0.697. The first-order valence-corrected chi connectivity index (χ1v) is 5.26. The Kier molecular flexibility index (Phi) is 3.88. The molecule has 1 aliphatic heterocycles. The molecule has 0 bridgehead atoms. The largest absolute Gasteiger partial charge is 0.345 e. The molecule has 1 heterocycles. The second-order valence-electron chi connectivity index (χ2n) is 3.97. The minimum atomic E-state index is -0.304. The Morgan fingerprint density at radius 3 is 2.73 bits per heavy atom. The highest BCUT2D eigenvalue weighted by Crippen LogP contribution is 2.09. The van der Waals surface area contributed by atoms with Gasteiger partial charge in [-0.3, -0.25) is 9.59 Å². The lowest BCUT2D eigenvalue weighted by Gasteiger charge is -2.33.